The van der Waals surface area contributed by atoms with Crippen molar-refractivity contribution < 1.29 is 9.53 Å². The van der Waals surface area contributed by atoms with Gasteiger partial charge in [-0.2, -0.15) is 0 Å². The maximum Gasteiger partial charge on any atom is 0.337 e. The summed E-state index contributed by atoms with van der Waals surface area (Å²) in [7, 11) is 1.37. The van der Waals surface area contributed by atoms with Gasteiger partial charge in [-0.05, 0) is 62.1 Å². The number of methoxy groups -OCH3 is 1. The summed E-state index contributed by atoms with van der Waals surface area (Å²) in [6.07, 6.45) is 14.2. The van der Waals surface area contributed by atoms with E-state index in [9.17, 15) is 4.79 Å². The van der Waals surface area contributed by atoms with Gasteiger partial charge in [0.1, 0.15) is 5.82 Å². The van der Waals surface area contributed by atoms with Crippen molar-refractivity contribution >= 4 is 40.9 Å². The van der Waals surface area contributed by atoms with Crippen molar-refractivity contribution in [3.63, 3.8) is 0 Å². The fourth-order valence-electron chi connectivity index (χ4n) is 3.66. The first-order valence-electron chi connectivity index (χ1n) is 11.8. The van der Waals surface area contributed by atoms with Crippen LogP contribution in [0, 0.1) is 0 Å². The monoisotopic (exact) mass is 543 g/mol. The first kappa shape index (κ1) is 28.0. The minimum atomic E-state index is -0.410. The van der Waals surface area contributed by atoms with E-state index < -0.39 is 10.8 Å². The maximum atomic E-state index is 12.2. The number of hydrogen-bond donors (Lipinski definition) is 0. The van der Waals surface area contributed by atoms with Gasteiger partial charge in [0.05, 0.1) is 28.5 Å². The van der Waals surface area contributed by atoms with Gasteiger partial charge in [-0.3, -0.25) is 4.57 Å². The van der Waals surface area contributed by atoms with E-state index in [1.807, 2.05) is 54.9 Å². The number of thioether (sulfide) groups is 1. The number of ether oxygens (including phenoxy) is 1. The van der Waals surface area contributed by atoms with Crippen molar-refractivity contribution in [3.05, 3.63) is 94.9 Å². The Balaban J connectivity index is 2.06. The Morgan fingerprint density at radius 3 is 2.78 bits per heavy atom. The van der Waals surface area contributed by atoms with Gasteiger partial charge in [0.15, 0.2) is 5.16 Å². The van der Waals surface area contributed by atoms with Crippen LogP contribution < -0.4 is 0 Å². The molecule has 1 aromatic heterocycles. The second kappa shape index (κ2) is 12.6. The van der Waals surface area contributed by atoms with Gasteiger partial charge < -0.3 is 4.74 Å². The summed E-state index contributed by atoms with van der Waals surface area (Å²) in [4.78, 5) is 11.8. The summed E-state index contributed by atoms with van der Waals surface area (Å²) in [6, 6.07) is 7.30. The molecule has 1 aliphatic carbocycles. The molecule has 0 N–H and O–H groups in total. The molecule has 190 valence electrons. The van der Waals surface area contributed by atoms with Gasteiger partial charge in [0, 0.05) is 11.5 Å². The van der Waals surface area contributed by atoms with E-state index in [1.165, 1.54) is 7.11 Å². The van der Waals surface area contributed by atoms with Gasteiger partial charge in [0.25, 0.3) is 0 Å². The molecular weight excluding hydrogens is 513 g/mol. The molecule has 0 fully saturated rings. The number of allylic oxidation sites excluding steroid dienone is 7. The first-order valence-corrected chi connectivity index (χ1v) is 13.4. The van der Waals surface area contributed by atoms with Crippen LogP contribution in [0.3, 0.4) is 0 Å². The summed E-state index contributed by atoms with van der Waals surface area (Å²) in [5.74, 6) is 0.426. The lowest BCUT2D eigenvalue weighted by Crippen LogP contribution is -2.18. The van der Waals surface area contributed by atoms with E-state index in [1.54, 1.807) is 23.9 Å². The number of aromatic nitrogens is 3. The molecule has 0 spiro atoms. The Morgan fingerprint density at radius 2 is 2.14 bits per heavy atom. The smallest absolute Gasteiger partial charge is 0.337 e. The van der Waals surface area contributed by atoms with Crippen molar-refractivity contribution in [1.29, 1.82) is 0 Å². The van der Waals surface area contributed by atoms with Crippen molar-refractivity contribution in [2.75, 3.05) is 7.11 Å². The minimum Gasteiger partial charge on any atom is -0.465 e. The van der Waals surface area contributed by atoms with Crippen LogP contribution in [0.4, 0.5) is 0 Å². The van der Waals surface area contributed by atoms with E-state index in [2.05, 4.69) is 35.9 Å². The molecule has 0 amide bonds. The molecule has 1 unspecified atom stereocenters. The lowest BCUT2D eigenvalue weighted by molar-refractivity contribution is 0.0600. The molecule has 5 nitrogen and oxygen atoms in total. The highest BCUT2D eigenvalue weighted by atomic mass is 35.5. The fraction of sp³-hybridized carbons (Fsp3) is 0.321. The molecule has 3 rings (SSSR count). The molecule has 0 saturated heterocycles. The molecule has 1 heterocycles. The van der Waals surface area contributed by atoms with Crippen LogP contribution in [0.15, 0.2) is 88.6 Å². The highest BCUT2D eigenvalue weighted by Crippen LogP contribution is 2.38. The predicted octanol–water partition coefficient (Wildman–Crippen LogP) is 7.61. The number of alkyl halides is 1. The number of aryl methyl sites for hydroxylation is 1. The van der Waals surface area contributed by atoms with Crippen molar-refractivity contribution in [2.24, 2.45) is 0 Å². The highest BCUT2D eigenvalue weighted by molar-refractivity contribution is 8.00. The third kappa shape index (κ3) is 7.02. The van der Waals surface area contributed by atoms with Gasteiger partial charge in [-0.25, -0.2) is 4.79 Å². The first-order chi connectivity index (χ1) is 17.2. The summed E-state index contributed by atoms with van der Waals surface area (Å²) in [5.41, 5.74) is 3.21. The normalized spacial score (nSPS) is 18.8. The lowest BCUT2D eigenvalue weighted by atomic mass is 9.94. The van der Waals surface area contributed by atoms with Crippen molar-refractivity contribution in [3.8, 4) is 5.69 Å². The molecule has 1 aromatic carbocycles. The van der Waals surface area contributed by atoms with Gasteiger partial charge >= 0.3 is 5.97 Å². The van der Waals surface area contributed by atoms with Crippen molar-refractivity contribution in [2.45, 2.75) is 55.3 Å². The third-order valence-electron chi connectivity index (χ3n) is 5.65. The Morgan fingerprint density at radius 1 is 1.36 bits per heavy atom. The molecule has 2 aromatic rings. The topological polar surface area (TPSA) is 57.0 Å². The molecule has 2 atom stereocenters. The molecule has 0 radical (unpaired) electrons. The second-order valence-electron chi connectivity index (χ2n) is 8.63. The zero-order chi connectivity index (χ0) is 26.3. The average Bonchev–Trinajstić information content (AvgIpc) is 3.27. The van der Waals surface area contributed by atoms with E-state index in [4.69, 9.17) is 27.9 Å². The SMILES string of the molecule is C=C(/C=C\C(Cl)=C/C)C(Sc1nnc(CCC)n1-c1cccc(C(=O)OC)c1)C1=CC[C@](C)(Cl)C=C1. The predicted molar refractivity (Wildman–Crippen MR) is 150 cm³/mol. The number of halogens is 2. The van der Waals surface area contributed by atoms with E-state index in [0.29, 0.717) is 22.2 Å². The largest absolute Gasteiger partial charge is 0.465 e. The Labute approximate surface area is 227 Å². The van der Waals surface area contributed by atoms with Crippen LogP contribution >= 0.6 is 35.0 Å². The quantitative estimate of drug-likeness (QED) is 0.133. The van der Waals surface area contributed by atoms with E-state index >= 15 is 0 Å². The van der Waals surface area contributed by atoms with Crippen molar-refractivity contribution in [1.82, 2.24) is 14.8 Å². The molecule has 8 heteroatoms. The third-order valence-corrected chi connectivity index (χ3v) is 7.56. The van der Waals surface area contributed by atoms with Gasteiger partial charge in [0.2, 0.25) is 0 Å². The molecule has 0 bridgehead atoms. The number of esters is 1. The fourth-order valence-corrected chi connectivity index (χ4v) is 5.02. The van der Waals surface area contributed by atoms with Crippen LogP contribution in [0.2, 0.25) is 0 Å². The van der Waals surface area contributed by atoms with Crippen LogP contribution in [-0.2, 0) is 11.2 Å². The summed E-state index contributed by atoms with van der Waals surface area (Å²) < 4.78 is 6.92. The molecule has 1 aliphatic rings. The van der Waals surface area contributed by atoms with Gasteiger partial charge in [-0.15, -0.1) is 21.8 Å². The summed E-state index contributed by atoms with van der Waals surface area (Å²) in [5, 5.41) is 10.2. The van der Waals surface area contributed by atoms with Crippen LogP contribution in [-0.4, -0.2) is 38.0 Å². The summed E-state index contributed by atoms with van der Waals surface area (Å²) >= 11 is 14.3. The number of carbonyl (C=O) groups is 1. The Bertz CT molecular complexity index is 1240. The number of rotatable bonds is 10. The van der Waals surface area contributed by atoms with Crippen LogP contribution in [0.5, 0.6) is 0 Å². The number of nitrogens with zero attached hydrogens (tertiary/aromatic N) is 3. The zero-order valence-electron chi connectivity index (χ0n) is 21.0. The number of hydrogen-bond acceptors (Lipinski definition) is 5. The van der Waals surface area contributed by atoms with Crippen LogP contribution in [0.1, 0.15) is 49.8 Å². The van der Waals surface area contributed by atoms with E-state index in [-0.39, 0.29) is 5.25 Å². The van der Waals surface area contributed by atoms with Crippen LogP contribution in [0.25, 0.3) is 5.69 Å². The summed E-state index contributed by atoms with van der Waals surface area (Å²) in [6.45, 7) is 10.3. The number of carbonyl (C=O) groups excluding carboxylic acids is 1. The molecular formula is C28H31Cl2N3O2S. The Hall–Kier alpha value is -2.54. The lowest BCUT2D eigenvalue weighted by Gasteiger charge is -2.25. The van der Waals surface area contributed by atoms with Gasteiger partial charge in [-0.1, -0.05) is 73.3 Å². The number of benzene rings is 1. The minimum absolute atomic E-state index is 0.146. The highest BCUT2D eigenvalue weighted by Gasteiger charge is 2.26. The zero-order valence-corrected chi connectivity index (χ0v) is 23.3. The molecule has 0 saturated carbocycles. The average molecular weight is 545 g/mol. The van der Waals surface area contributed by atoms with E-state index in [0.717, 1.165) is 35.5 Å². The standard InChI is InChI=1S/C28H31Cl2N3O2S/c1-6-9-24-31-32-27(33(24)23-11-8-10-21(18-23)26(34)35-5)36-25(19(3)12-13-22(29)7-2)20-14-16-28(4,30)17-15-20/h7-8,10-16,18,25H,3,6,9,17H2,1-2,4-5H3/b13-12-,22-7+/t25?,28-/m1/s1. The molecule has 0 aliphatic heterocycles. The maximum absolute atomic E-state index is 12.2. The Kier molecular flexibility index (Phi) is 9.83. The molecule has 36 heavy (non-hydrogen) atoms. The second-order valence-corrected chi connectivity index (χ2v) is 11.0.